The topological polar surface area (TPSA) is 90.7 Å². The standard InChI is InChI=1S/C23H33N5O3/c1-26(2)15-12-24-20-16-22(30)28(18-25-20)17-23(31)10-13-27(14-11-23)21(29)9-8-19-6-4-3-5-7-19/h3-7,16,18,24,31H,8-15,17H2,1-2H3. The second-order valence-corrected chi connectivity index (χ2v) is 8.56. The SMILES string of the molecule is CN(C)CCNc1cc(=O)n(CC2(O)CCN(C(=O)CCc3ccccc3)CC2)cn1. The van der Waals surface area contributed by atoms with Crippen LogP contribution >= 0.6 is 0 Å². The molecule has 31 heavy (non-hydrogen) atoms. The van der Waals surface area contributed by atoms with Crippen molar-refractivity contribution in [3.8, 4) is 0 Å². The molecule has 0 radical (unpaired) electrons. The summed E-state index contributed by atoms with van der Waals surface area (Å²) in [5, 5.41) is 14.1. The number of hydrogen-bond acceptors (Lipinski definition) is 6. The van der Waals surface area contributed by atoms with Crippen molar-refractivity contribution < 1.29 is 9.90 Å². The minimum Gasteiger partial charge on any atom is -0.388 e. The number of nitrogens with one attached hydrogen (secondary N) is 1. The van der Waals surface area contributed by atoms with E-state index in [-0.39, 0.29) is 18.0 Å². The van der Waals surface area contributed by atoms with E-state index in [4.69, 9.17) is 0 Å². The van der Waals surface area contributed by atoms with E-state index in [2.05, 4.69) is 10.3 Å². The number of aromatic nitrogens is 2. The maximum atomic E-state index is 12.5. The molecule has 0 bridgehead atoms. The molecule has 1 amide bonds. The number of rotatable bonds is 9. The van der Waals surface area contributed by atoms with Crippen molar-refractivity contribution in [3.63, 3.8) is 0 Å². The number of aryl methyl sites for hydroxylation is 1. The van der Waals surface area contributed by atoms with Crippen LogP contribution in [0.1, 0.15) is 24.8 Å². The molecule has 8 nitrogen and oxygen atoms in total. The number of carbonyl (C=O) groups is 1. The third kappa shape index (κ3) is 6.90. The molecule has 1 aliphatic heterocycles. The molecule has 0 unspecified atom stereocenters. The summed E-state index contributed by atoms with van der Waals surface area (Å²) in [5.74, 6) is 0.645. The van der Waals surface area contributed by atoms with Crippen molar-refractivity contribution in [3.05, 3.63) is 58.6 Å². The van der Waals surface area contributed by atoms with Gasteiger partial charge in [0.15, 0.2) is 0 Å². The summed E-state index contributed by atoms with van der Waals surface area (Å²) in [6.45, 7) is 2.71. The molecule has 168 valence electrons. The van der Waals surface area contributed by atoms with Crippen LogP contribution < -0.4 is 10.9 Å². The number of carbonyl (C=O) groups excluding carboxylic acids is 1. The van der Waals surface area contributed by atoms with Crippen LogP contribution in [-0.2, 0) is 17.8 Å². The van der Waals surface area contributed by atoms with E-state index in [1.807, 2.05) is 54.2 Å². The Hall–Kier alpha value is -2.71. The van der Waals surface area contributed by atoms with Gasteiger partial charge in [0, 0.05) is 38.7 Å². The first-order valence-corrected chi connectivity index (χ1v) is 10.8. The first-order valence-electron chi connectivity index (χ1n) is 10.8. The molecule has 2 aromatic rings. The Labute approximate surface area is 183 Å². The highest BCUT2D eigenvalue weighted by atomic mass is 16.3. The number of likely N-dealkylation sites (tertiary alicyclic amines) is 1. The third-order valence-corrected chi connectivity index (χ3v) is 5.73. The first-order chi connectivity index (χ1) is 14.8. The van der Waals surface area contributed by atoms with Crippen molar-refractivity contribution in [2.45, 2.75) is 37.8 Å². The van der Waals surface area contributed by atoms with Crippen LogP contribution in [0.3, 0.4) is 0 Å². The molecular formula is C23H33N5O3. The lowest BCUT2D eigenvalue weighted by molar-refractivity contribution is -0.135. The summed E-state index contributed by atoms with van der Waals surface area (Å²) in [4.78, 5) is 33.1. The molecule has 1 aromatic carbocycles. The smallest absolute Gasteiger partial charge is 0.255 e. The molecule has 1 aromatic heterocycles. The van der Waals surface area contributed by atoms with Crippen LogP contribution in [0.4, 0.5) is 5.82 Å². The van der Waals surface area contributed by atoms with Crippen LogP contribution in [0.25, 0.3) is 0 Å². The van der Waals surface area contributed by atoms with Crippen LogP contribution in [0.2, 0.25) is 0 Å². The molecule has 0 atom stereocenters. The van der Waals surface area contributed by atoms with Gasteiger partial charge in [-0.3, -0.25) is 14.2 Å². The molecule has 3 rings (SSSR count). The summed E-state index contributed by atoms with van der Waals surface area (Å²) in [5.41, 5.74) is -0.0604. The van der Waals surface area contributed by atoms with E-state index >= 15 is 0 Å². The lowest BCUT2D eigenvalue weighted by Gasteiger charge is -2.38. The van der Waals surface area contributed by atoms with Gasteiger partial charge in [0.05, 0.1) is 18.5 Å². The van der Waals surface area contributed by atoms with Crippen molar-refractivity contribution in [2.75, 3.05) is 45.6 Å². The Morgan fingerprint density at radius 3 is 2.58 bits per heavy atom. The largest absolute Gasteiger partial charge is 0.388 e. The van der Waals surface area contributed by atoms with E-state index in [0.717, 1.165) is 18.5 Å². The van der Waals surface area contributed by atoms with Crippen molar-refractivity contribution in [1.82, 2.24) is 19.4 Å². The Balaban J connectivity index is 1.48. The van der Waals surface area contributed by atoms with Crippen molar-refractivity contribution in [1.29, 1.82) is 0 Å². The zero-order valence-electron chi connectivity index (χ0n) is 18.5. The van der Waals surface area contributed by atoms with Gasteiger partial charge in [0.2, 0.25) is 5.91 Å². The first kappa shape index (κ1) is 23.0. The van der Waals surface area contributed by atoms with Crippen molar-refractivity contribution in [2.24, 2.45) is 0 Å². The Bertz CT molecular complexity index is 905. The van der Waals surface area contributed by atoms with E-state index in [0.29, 0.717) is 44.7 Å². The van der Waals surface area contributed by atoms with Crippen LogP contribution in [0.5, 0.6) is 0 Å². The van der Waals surface area contributed by atoms with Crippen LogP contribution in [0.15, 0.2) is 47.5 Å². The van der Waals surface area contributed by atoms with Gasteiger partial charge in [-0.2, -0.15) is 0 Å². The predicted octanol–water partition coefficient (Wildman–Crippen LogP) is 1.20. The van der Waals surface area contributed by atoms with Crippen molar-refractivity contribution >= 4 is 11.7 Å². The second kappa shape index (κ2) is 10.5. The number of hydrogen-bond donors (Lipinski definition) is 2. The Morgan fingerprint density at radius 1 is 1.23 bits per heavy atom. The minimum atomic E-state index is -1.01. The molecule has 1 saturated heterocycles. The van der Waals surface area contributed by atoms with Gasteiger partial charge >= 0.3 is 0 Å². The van der Waals surface area contributed by atoms with E-state index in [9.17, 15) is 14.7 Å². The van der Waals surface area contributed by atoms with Crippen LogP contribution in [-0.4, -0.2) is 76.2 Å². The fourth-order valence-electron chi connectivity index (χ4n) is 3.75. The van der Waals surface area contributed by atoms with Gasteiger partial charge in [-0.1, -0.05) is 30.3 Å². The Kier molecular flexibility index (Phi) is 7.81. The van der Waals surface area contributed by atoms with Gasteiger partial charge in [0.1, 0.15) is 5.82 Å². The minimum absolute atomic E-state index is 0.109. The fraction of sp³-hybridized carbons (Fsp3) is 0.522. The summed E-state index contributed by atoms with van der Waals surface area (Å²) in [6, 6.07) is 11.4. The fourth-order valence-corrected chi connectivity index (χ4v) is 3.75. The zero-order chi connectivity index (χ0) is 22.3. The highest BCUT2D eigenvalue weighted by Crippen LogP contribution is 2.24. The molecule has 0 saturated carbocycles. The van der Waals surface area contributed by atoms with E-state index in [1.165, 1.54) is 17.0 Å². The van der Waals surface area contributed by atoms with E-state index < -0.39 is 5.60 Å². The Morgan fingerprint density at radius 2 is 1.94 bits per heavy atom. The summed E-state index contributed by atoms with van der Waals surface area (Å²) in [7, 11) is 3.96. The maximum Gasteiger partial charge on any atom is 0.255 e. The van der Waals surface area contributed by atoms with E-state index in [1.54, 1.807) is 0 Å². The number of anilines is 1. The molecule has 0 spiro atoms. The number of likely N-dealkylation sites (N-methyl/N-ethyl adjacent to an activating group) is 1. The monoisotopic (exact) mass is 427 g/mol. The molecule has 2 N–H and O–H groups in total. The number of benzene rings is 1. The quantitative estimate of drug-likeness (QED) is 0.625. The highest BCUT2D eigenvalue weighted by molar-refractivity contribution is 5.76. The molecule has 0 aliphatic carbocycles. The van der Waals surface area contributed by atoms with Gasteiger partial charge in [-0.15, -0.1) is 0 Å². The third-order valence-electron chi connectivity index (χ3n) is 5.73. The number of aliphatic hydroxyl groups is 1. The number of amides is 1. The van der Waals surface area contributed by atoms with Gasteiger partial charge in [-0.25, -0.2) is 4.98 Å². The van der Waals surface area contributed by atoms with Gasteiger partial charge < -0.3 is 20.2 Å². The van der Waals surface area contributed by atoms with Gasteiger partial charge in [0.25, 0.3) is 5.56 Å². The molecule has 1 aliphatic rings. The zero-order valence-corrected chi connectivity index (χ0v) is 18.5. The van der Waals surface area contributed by atoms with Gasteiger partial charge in [-0.05, 0) is 38.9 Å². The predicted molar refractivity (Wildman–Crippen MR) is 121 cm³/mol. The number of nitrogens with zero attached hydrogens (tertiary/aromatic N) is 4. The second-order valence-electron chi connectivity index (χ2n) is 8.56. The number of piperidine rings is 1. The normalized spacial score (nSPS) is 15.8. The molecule has 8 heteroatoms. The summed E-state index contributed by atoms with van der Waals surface area (Å²) < 4.78 is 1.45. The summed E-state index contributed by atoms with van der Waals surface area (Å²) >= 11 is 0. The van der Waals surface area contributed by atoms with Crippen LogP contribution in [0, 0.1) is 0 Å². The summed E-state index contributed by atoms with van der Waals surface area (Å²) in [6.07, 6.45) is 3.55. The maximum absolute atomic E-state index is 12.5. The lowest BCUT2D eigenvalue weighted by Crippen LogP contribution is -2.49. The molecular weight excluding hydrogens is 394 g/mol. The molecule has 1 fully saturated rings. The lowest BCUT2D eigenvalue weighted by atomic mass is 9.91. The highest BCUT2D eigenvalue weighted by Gasteiger charge is 2.34. The average Bonchev–Trinajstić information content (AvgIpc) is 2.75. The molecule has 2 heterocycles. The average molecular weight is 428 g/mol.